The second-order valence-electron chi connectivity index (χ2n) is 3.59. The number of hydrogen-bond acceptors (Lipinski definition) is 6. The maximum atomic E-state index is 11.2. The summed E-state index contributed by atoms with van der Waals surface area (Å²) in [4.78, 5) is 14.4. The van der Waals surface area contributed by atoms with Crippen LogP contribution in [0, 0.1) is 0 Å². The Kier molecular flexibility index (Phi) is 2.85. The number of aromatic carboxylic acids is 1. The van der Waals surface area contributed by atoms with E-state index in [2.05, 4.69) is 10.3 Å². The zero-order valence-electron chi connectivity index (χ0n) is 8.21. The van der Waals surface area contributed by atoms with Crippen molar-refractivity contribution in [2.45, 2.75) is 12.5 Å². The molecule has 0 saturated carbocycles. The molecule has 0 radical (unpaired) electrons. The zero-order valence-corrected chi connectivity index (χ0v) is 9.84. The molecule has 88 valence electrons. The van der Waals surface area contributed by atoms with Crippen molar-refractivity contribution in [1.82, 2.24) is 4.98 Å². The van der Waals surface area contributed by atoms with Crippen LogP contribution in [0.15, 0.2) is 5.38 Å². The number of anilines is 1. The van der Waals surface area contributed by atoms with Crippen molar-refractivity contribution < 1.29 is 18.3 Å². The predicted octanol–water partition coefficient (Wildman–Crippen LogP) is 0.440. The van der Waals surface area contributed by atoms with E-state index in [0.717, 1.165) is 0 Å². The van der Waals surface area contributed by atoms with Gasteiger partial charge in [-0.2, -0.15) is 0 Å². The lowest BCUT2D eigenvalue weighted by Crippen LogP contribution is -2.20. The minimum atomic E-state index is -2.93. The molecule has 1 aromatic rings. The number of carbonyl (C=O) groups is 1. The molecular formula is C8H10N2O4S2. The molecule has 1 atom stereocenters. The average molecular weight is 262 g/mol. The van der Waals surface area contributed by atoms with Gasteiger partial charge < -0.3 is 10.4 Å². The van der Waals surface area contributed by atoms with Gasteiger partial charge in [0, 0.05) is 11.4 Å². The third kappa shape index (κ3) is 2.50. The Hall–Kier alpha value is -1.15. The molecule has 0 spiro atoms. The lowest BCUT2D eigenvalue weighted by atomic mass is 10.3. The predicted molar refractivity (Wildman–Crippen MR) is 59.8 cm³/mol. The highest BCUT2D eigenvalue weighted by Crippen LogP contribution is 2.20. The highest BCUT2D eigenvalue weighted by Gasteiger charge is 2.28. The molecule has 0 aromatic carbocycles. The van der Waals surface area contributed by atoms with E-state index in [1.165, 1.54) is 16.7 Å². The summed E-state index contributed by atoms with van der Waals surface area (Å²) < 4.78 is 22.4. The van der Waals surface area contributed by atoms with E-state index >= 15 is 0 Å². The van der Waals surface area contributed by atoms with Gasteiger partial charge in [-0.1, -0.05) is 0 Å². The normalized spacial score (nSPS) is 23.1. The SMILES string of the molecule is O=C(O)c1csc(NC2CCS(=O)(=O)C2)n1. The molecule has 1 aliphatic rings. The molecule has 6 nitrogen and oxygen atoms in total. The summed E-state index contributed by atoms with van der Waals surface area (Å²) in [5.74, 6) is -0.806. The van der Waals surface area contributed by atoms with Crippen molar-refractivity contribution in [3.8, 4) is 0 Å². The van der Waals surface area contributed by atoms with Crippen molar-refractivity contribution in [2.24, 2.45) is 0 Å². The van der Waals surface area contributed by atoms with Gasteiger partial charge in [-0.25, -0.2) is 18.2 Å². The van der Waals surface area contributed by atoms with Gasteiger partial charge in [-0.05, 0) is 6.42 Å². The number of sulfone groups is 1. The van der Waals surface area contributed by atoms with Crippen LogP contribution in [0.2, 0.25) is 0 Å². The van der Waals surface area contributed by atoms with Crippen LogP contribution in [0.25, 0.3) is 0 Å². The second kappa shape index (κ2) is 4.02. The molecule has 0 bridgehead atoms. The number of aromatic nitrogens is 1. The summed E-state index contributed by atoms with van der Waals surface area (Å²) >= 11 is 1.17. The van der Waals surface area contributed by atoms with Crippen LogP contribution in [0.5, 0.6) is 0 Å². The fraction of sp³-hybridized carbons (Fsp3) is 0.500. The highest BCUT2D eigenvalue weighted by atomic mass is 32.2. The van der Waals surface area contributed by atoms with Gasteiger partial charge in [-0.15, -0.1) is 11.3 Å². The summed E-state index contributed by atoms with van der Waals surface area (Å²) in [5.41, 5.74) is -0.0200. The first-order valence-corrected chi connectivity index (χ1v) is 7.32. The van der Waals surface area contributed by atoms with Crippen molar-refractivity contribution in [3.05, 3.63) is 11.1 Å². The number of hydrogen-bond donors (Lipinski definition) is 2. The molecule has 0 aliphatic carbocycles. The van der Waals surface area contributed by atoms with Gasteiger partial charge in [0.25, 0.3) is 0 Å². The van der Waals surface area contributed by atoms with E-state index in [-0.39, 0.29) is 23.2 Å². The molecule has 1 fully saturated rings. The molecule has 1 saturated heterocycles. The zero-order chi connectivity index (χ0) is 11.8. The molecule has 1 unspecified atom stereocenters. The van der Waals surface area contributed by atoms with E-state index in [1.807, 2.05) is 0 Å². The molecule has 0 amide bonds. The number of nitrogens with one attached hydrogen (secondary N) is 1. The van der Waals surface area contributed by atoms with Crippen molar-refractivity contribution in [2.75, 3.05) is 16.8 Å². The maximum absolute atomic E-state index is 11.2. The molecule has 2 heterocycles. The van der Waals surface area contributed by atoms with Crippen molar-refractivity contribution >= 4 is 32.3 Å². The summed E-state index contributed by atoms with van der Waals surface area (Å²) in [5, 5.41) is 13.5. The second-order valence-corrected chi connectivity index (χ2v) is 6.67. The highest BCUT2D eigenvalue weighted by molar-refractivity contribution is 7.91. The fourth-order valence-corrected chi connectivity index (χ4v) is 3.96. The lowest BCUT2D eigenvalue weighted by molar-refractivity contribution is 0.0691. The molecule has 8 heteroatoms. The van der Waals surface area contributed by atoms with E-state index in [9.17, 15) is 13.2 Å². The van der Waals surface area contributed by atoms with Crippen LogP contribution >= 0.6 is 11.3 Å². The Bertz CT molecular complexity index is 508. The quantitative estimate of drug-likeness (QED) is 0.820. The van der Waals surface area contributed by atoms with Crippen LogP contribution in [-0.4, -0.2) is 42.0 Å². The largest absolute Gasteiger partial charge is 0.476 e. The first-order valence-electron chi connectivity index (χ1n) is 4.62. The van der Waals surface area contributed by atoms with Crippen LogP contribution in [0.4, 0.5) is 5.13 Å². The van der Waals surface area contributed by atoms with Gasteiger partial charge in [0.15, 0.2) is 20.7 Å². The minimum absolute atomic E-state index is 0.0200. The lowest BCUT2D eigenvalue weighted by Gasteiger charge is -2.07. The Morgan fingerprint density at radius 3 is 2.88 bits per heavy atom. The number of carboxylic acid groups (broad SMARTS) is 1. The summed E-state index contributed by atoms with van der Waals surface area (Å²) in [6, 6.07) is -0.155. The van der Waals surface area contributed by atoms with E-state index < -0.39 is 15.8 Å². The van der Waals surface area contributed by atoms with Crippen LogP contribution < -0.4 is 5.32 Å². The van der Waals surface area contributed by atoms with E-state index in [4.69, 9.17) is 5.11 Å². The van der Waals surface area contributed by atoms with Gasteiger partial charge in [0.05, 0.1) is 11.5 Å². The van der Waals surface area contributed by atoms with Crippen molar-refractivity contribution in [3.63, 3.8) is 0 Å². The summed E-state index contributed by atoms with van der Waals surface area (Å²) in [6.45, 7) is 0. The number of rotatable bonds is 3. The van der Waals surface area contributed by atoms with Crippen LogP contribution in [0.3, 0.4) is 0 Å². The van der Waals surface area contributed by atoms with Gasteiger partial charge in [0.2, 0.25) is 0 Å². The number of nitrogens with zero attached hydrogens (tertiary/aromatic N) is 1. The Morgan fingerprint density at radius 1 is 1.62 bits per heavy atom. The van der Waals surface area contributed by atoms with Gasteiger partial charge >= 0.3 is 5.97 Å². The summed E-state index contributed by atoms with van der Waals surface area (Å²) in [7, 11) is -2.93. The Morgan fingerprint density at radius 2 is 2.38 bits per heavy atom. The number of carboxylic acids is 1. The Balaban J connectivity index is 2.02. The fourth-order valence-electron chi connectivity index (χ4n) is 1.52. The van der Waals surface area contributed by atoms with E-state index in [1.54, 1.807) is 0 Å². The monoisotopic (exact) mass is 262 g/mol. The molecule has 1 aliphatic heterocycles. The van der Waals surface area contributed by atoms with Crippen LogP contribution in [0.1, 0.15) is 16.9 Å². The Labute approximate surface area is 96.2 Å². The molecular weight excluding hydrogens is 252 g/mol. The van der Waals surface area contributed by atoms with Crippen molar-refractivity contribution in [1.29, 1.82) is 0 Å². The number of thiazole rings is 1. The first-order chi connectivity index (χ1) is 7.46. The van der Waals surface area contributed by atoms with Crippen LogP contribution in [-0.2, 0) is 9.84 Å². The molecule has 1 aromatic heterocycles. The topological polar surface area (TPSA) is 96.4 Å². The third-order valence-electron chi connectivity index (χ3n) is 2.28. The average Bonchev–Trinajstić information content (AvgIpc) is 2.73. The molecule has 2 N–H and O–H groups in total. The molecule has 2 rings (SSSR count). The van der Waals surface area contributed by atoms with E-state index in [0.29, 0.717) is 11.6 Å². The standard InChI is InChI=1S/C8H10N2O4S2/c11-7(12)6-3-15-8(10-6)9-5-1-2-16(13,14)4-5/h3,5H,1-2,4H2,(H,9,10)(H,11,12). The summed E-state index contributed by atoms with van der Waals surface area (Å²) in [6.07, 6.45) is 0.546. The maximum Gasteiger partial charge on any atom is 0.355 e. The van der Waals surface area contributed by atoms with Gasteiger partial charge in [-0.3, -0.25) is 0 Å². The first kappa shape index (κ1) is 11.3. The molecule has 16 heavy (non-hydrogen) atoms. The minimum Gasteiger partial charge on any atom is -0.476 e. The smallest absolute Gasteiger partial charge is 0.355 e. The third-order valence-corrected chi connectivity index (χ3v) is 4.82. The van der Waals surface area contributed by atoms with Gasteiger partial charge in [0.1, 0.15) is 0 Å².